The molecule has 3 aromatic rings. The summed E-state index contributed by atoms with van der Waals surface area (Å²) in [4.78, 5) is 25.8. The van der Waals surface area contributed by atoms with Crippen LogP contribution in [0.5, 0.6) is 5.88 Å². The summed E-state index contributed by atoms with van der Waals surface area (Å²) in [7, 11) is 0. The van der Waals surface area contributed by atoms with Gasteiger partial charge in [-0.3, -0.25) is 4.79 Å². The van der Waals surface area contributed by atoms with Gasteiger partial charge in [0, 0.05) is 42.8 Å². The minimum atomic E-state index is -0.101. The molecule has 2 aliphatic heterocycles. The van der Waals surface area contributed by atoms with E-state index in [4.69, 9.17) is 16.3 Å². The van der Waals surface area contributed by atoms with Gasteiger partial charge in [-0.25, -0.2) is 9.97 Å². The van der Waals surface area contributed by atoms with Crippen LogP contribution in [0.4, 0.5) is 11.6 Å². The Balaban J connectivity index is 1.08. The fourth-order valence-corrected chi connectivity index (χ4v) is 4.97. The van der Waals surface area contributed by atoms with Crippen LogP contribution < -0.4 is 19.9 Å². The number of nitrogens with one attached hydrogen (secondary N) is 1. The first-order valence-electron chi connectivity index (χ1n) is 13.0. The minimum absolute atomic E-state index is 0.0377. The summed E-state index contributed by atoms with van der Waals surface area (Å²) < 4.78 is 5.79. The van der Waals surface area contributed by atoms with Crippen LogP contribution in [0, 0.1) is 5.92 Å². The first kappa shape index (κ1) is 25.2. The zero-order chi connectivity index (χ0) is 25.5. The van der Waals surface area contributed by atoms with E-state index in [2.05, 4.69) is 35.3 Å². The Kier molecular flexibility index (Phi) is 8.30. The predicted octanol–water partition coefficient (Wildman–Crippen LogP) is 3.99. The maximum absolute atomic E-state index is 12.8. The molecular formula is C27H32ClN7O2. The van der Waals surface area contributed by atoms with Crippen LogP contribution in [-0.4, -0.2) is 65.4 Å². The average Bonchev–Trinajstić information content (AvgIpc) is 2.96. The number of halogens is 1. The van der Waals surface area contributed by atoms with Crippen LogP contribution in [0.1, 0.15) is 32.1 Å². The van der Waals surface area contributed by atoms with Gasteiger partial charge in [0.05, 0.1) is 18.2 Å². The second kappa shape index (κ2) is 12.2. The predicted molar refractivity (Wildman–Crippen MR) is 144 cm³/mol. The second-order valence-electron chi connectivity index (χ2n) is 9.47. The molecule has 9 nitrogen and oxygen atoms in total. The SMILES string of the molecule is O=C(NCCOc1cc(N2CCCCC2)ncn1)C1CCCN(c2ccc(-c3ccc(Cl)cc3)nn2)C1. The third-order valence-corrected chi connectivity index (χ3v) is 7.12. The van der Waals surface area contributed by atoms with Gasteiger partial charge in [-0.15, -0.1) is 10.2 Å². The summed E-state index contributed by atoms with van der Waals surface area (Å²) in [5.41, 5.74) is 1.75. The lowest BCUT2D eigenvalue weighted by Crippen LogP contribution is -2.44. The molecule has 0 spiro atoms. The molecule has 2 fully saturated rings. The van der Waals surface area contributed by atoms with Gasteiger partial charge < -0.3 is 19.9 Å². The summed E-state index contributed by atoms with van der Waals surface area (Å²) in [6.07, 6.45) is 6.96. The van der Waals surface area contributed by atoms with Gasteiger partial charge in [-0.1, -0.05) is 23.7 Å². The summed E-state index contributed by atoms with van der Waals surface area (Å²) in [5, 5.41) is 12.5. The van der Waals surface area contributed by atoms with Gasteiger partial charge >= 0.3 is 0 Å². The van der Waals surface area contributed by atoms with Crippen LogP contribution in [0.2, 0.25) is 5.02 Å². The molecule has 1 aromatic carbocycles. The van der Waals surface area contributed by atoms with Gasteiger partial charge in [-0.2, -0.15) is 0 Å². The Labute approximate surface area is 222 Å². The van der Waals surface area contributed by atoms with Crippen molar-refractivity contribution in [2.45, 2.75) is 32.1 Å². The number of hydrogen-bond acceptors (Lipinski definition) is 8. The van der Waals surface area contributed by atoms with Gasteiger partial charge in [0.2, 0.25) is 11.8 Å². The molecule has 0 bridgehead atoms. The standard InChI is InChI=1S/C27H32ClN7O2/c28-22-8-6-20(7-9-22)23-10-11-24(33-32-23)35-15-4-5-21(18-35)27(36)29-12-16-37-26-17-25(30-19-31-26)34-13-2-1-3-14-34/h6-11,17,19,21H,1-5,12-16,18H2,(H,29,36). The number of aromatic nitrogens is 4. The topological polar surface area (TPSA) is 96.4 Å². The highest BCUT2D eigenvalue weighted by Crippen LogP contribution is 2.24. The van der Waals surface area contributed by atoms with Crippen LogP contribution >= 0.6 is 11.6 Å². The monoisotopic (exact) mass is 521 g/mol. The summed E-state index contributed by atoms with van der Waals surface area (Å²) in [6, 6.07) is 13.3. The van der Waals surface area contributed by atoms with Crippen molar-refractivity contribution in [3.63, 3.8) is 0 Å². The zero-order valence-electron chi connectivity index (χ0n) is 20.9. The molecule has 0 radical (unpaired) electrons. The molecular weight excluding hydrogens is 490 g/mol. The van der Waals surface area contributed by atoms with E-state index in [9.17, 15) is 4.79 Å². The van der Waals surface area contributed by atoms with Crippen molar-refractivity contribution in [3.8, 4) is 17.1 Å². The third kappa shape index (κ3) is 6.65. The third-order valence-electron chi connectivity index (χ3n) is 6.87. The number of piperidine rings is 2. The van der Waals surface area contributed by atoms with E-state index in [-0.39, 0.29) is 11.8 Å². The van der Waals surface area contributed by atoms with Crippen molar-refractivity contribution in [1.82, 2.24) is 25.5 Å². The Hall–Kier alpha value is -3.46. The first-order valence-corrected chi connectivity index (χ1v) is 13.4. The molecule has 10 heteroatoms. The summed E-state index contributed by atoms with van der Waals surface area (Å²) >= 11 is 5.98. The molecule has 2 aromatic heterocycles. The van der Waals surface area contributed by atoms with E-state index in [0.29, 0.717) is 30.6 Å². The number of carbonyl (C=O) groups is 1. The number of rotatable bonds is 8. The molecule has 0 saturated carbocycles. The minimum Gasteiger partial charge on any atom is -0.476 e. The van der Waals surface area contributed by atoms with Gasteiger partial charge in [0.15, 0.2) is 5.82 Å². The van der Waals surface area contributed by atoms with Crippen molar-refractivity contribution >= 4 is 29.1 Å². The number of amides is 1. The van der Waals surface area contributed by atoms with E-state index in [0.717, 1.165) is 55.4 Å². The highest BCUT2D eigenvalue weighted by Gasteiger charge is 2.26. The Morgan fingerprint density at radius 2 is 1.76 bits per heavy atom. The molecule has 37 heavy (non-hydrogen) atoms. The number of benzene rings is 1. The first-order chi connectivity index (χ1) is 18.2. The van der Waals surface area contributed by atoms with Crippen molar-refractivity contribution in [2.24, 2.45) is 5.92 Å². The van der Waals surface area contributed by atoms with Crippen molar-refractivity contribution in [2.75, 3.05) is 49.1 Å². The molecule has 1 atom stereocenters. The lowest BCUT2D eigenvalue weighted by Gasteiger charge is -2.32. The molecule has 1 N–H and O–H groups in total. The molecule has 1 amide bonds. The van der Waals surface area contributed by atoms with Gasteiger partial charge in [0.25, 0.3) is 0 Å². The fraction of sp³-hybridized carbons (Fsp3) is 0.444. The van der Waals surface area contributed by atoms with Crippen LogP contribution in [0.25, 0.3) is 11.3 Å². The molecule has 0 aliphatic carbocycles. The maximum atomic E-state index is 12.8. The molecule has 5 rings (SSSR count). The normalized spacial score (nSPS) is 17.9. The quantitative estimate of drug-likeness (QED) is 0.444. The van der Waals surface area contributed by atoms with E-state index in [1.54, 1.807) is 6.33 Å². The van der Waals surface area contributed by atoms with E-state index >= 15 is 0 Å². The summed E-state index contributed by atoms with van der Waals surface area (Å²) in [5.74, 6) is 2.16. The molecule has 2 saturated heterocycles. The highest BCUT2D eigenvalue weighted by molar-refractivity contribution is 6.30. The van der Waals surface area contributed by atoms with E-state index in [1.165, 1.54) is 19.3 Å². The zero-order valence-corrected chi connectivity index (χ0v) is 21.6. The Morgan fingerprint density at radius 1 is 0.946 bits per heavy atom. The molecule has 194 valence electrons. The maximum Gasteiger partial charge on any atom is 0.225 e. The molecule has 4 heterocycles. The largest absolute Gasteiger partial charge is 0.476 e. The van der Waals surface area contributed by atoms with Crippen molar-refractivity contribution in [3.05, 3.63) is 53.8 Å². The number of hydrogen-bond donors (Lipinski definition) is 1. The Morgan fingerprint density at radius 3 is 2.54 bits per heavy atom. The number of carbonyl (C=O) groups excluding carboxylic acids is 1. The van der Waals surface area contributed by atoms with Crippen LogP contribution in [-0.2, 0) is 4.79 Å². The van der Waals surface area contributed by atoms with Crippen molar-refractivity contribution < 1.29 is 9.53 Å². The highest BCUT2D eigenvalue weighted by atomic mass is 35.5. The van der Waals surface area contributed by atoms with E-state index < -0.39 is 0 Å². The van der Waals surface area contributed by atoms with Crippen LogP contribution in [0.3, 0.4) is 0 Å². The average molecular weight is 522 g/mol. The van der Waals surface area contributed by atoms with Crippen LogP contribution in [0.15, 0.2) is 48.8 Å². The van der Waals surface area contributed by atoms with Gasteiger partial charge in [-0.05, 0) is 56.4 Å². The molecule has 2 aliphatic rings. The number of nitrogens with zero attached hydrogens (tertiary/aromatic N) is 6. The Bertz CT molecular complexity index is 1170. The summed E-state index contributed by atoms with van der Waals surface area (Å²) in [6.45, 7) is 4.29. The fourth-order valence-electron chi connectivity index (χ4n) is 4.85. The smallest absolute Gasteiger partial charge is 0.225 e. The van der Waals surface area contributed by atoms with E-state index in [1.807, 2.05) is 42.5 Å². The second-order valence-corrected chi connectivity index (χ2v) is 9.91. The molecule has 1 unspecified atom stereocenters. The van der Waals surface area contributed by atoms with Gasteiger partial charge in [0.1, 0.15) is 18.8 Å². The lowest BCUT2D eigenvalue weighted by molar-refractivity contribution is -0.125. The number of anilines is 2. The lowest BCUT2D eigenvalue weighted by atomic mass is 9.97. The number of ether oxygens (including phenoxy) is 1. The van der Waals surface area contributed by atoms with Crippen molar-refractivity contribution in [1.29, 1.82) is 0 Å².